The molecule has 0 bridgehead atoms. The van der Waals surface area contributed by atoms with Gasteiger partial charge in [-0.2, -0.15) is 5.10 Å². The largest absolute Gasteiger partial charge is 0.385 e. The molecule has 0 saturated heterocycles. The molecule has 4 heteroatoms. The summed E-state index contributed by atoms with van der Waals surface area (Å²) in [4.78, 5) is 0. The van der Waals surface area contributed by atoms with Crippen LogP contribution in [0, 0.1) is 0 Å². The van der Waals surface area contributed by atoms with E-state index in [1.54, 1.807) is 0 Å². The Balaban J connectivity index is 1.87. The molecule has 0 aliphatic rings. The molecule has 0 amide bonds. The molecule has 3 nitrogen and oxygen atoms in total. The first-order valence-electron chi connectivity index (χ1n) is 5.65. The average molecular weight is 250 g/mol. The van der Waals surface area contributed by atoms with Crippen molar-refractivity contribution >= 4 is 17.3 Å². The SMILES string of the molecule is Cn1nccc1CCNc1cccc(CCl)c1. The minimum Gasteiger partial charge on any atom is -0.385 e. The van der Waals surface area contributed by atoms with Gasteiger partial charge in [-0.1, -0.05) is 12.1 Å². The Morgan fingerprint density at radius 2 is 2.24 bits per heavy atom. The standard InChI is InChI=1S/C13H16ClN3/c1-17-13(6-8-16-17)5-7-15-12-4-2-3-11(9-12)10-14/h2-4,6,8-9,15H,5,7,10H2,1H3. The Bertz CT molecular complexity index is 479. The van der Waals surface area contributed by atoms with Crippen LogP contribution in [0.25, 0.3) is 0 Å². The predicted molar refractivity (Wildman–Crippen MR) is 71.4 cm³/mol. The number of hydrogen-bond acceptors (Lipinski definition) is 2. The van der Waals surface area contributed by atoms with Gasteiger partial charge in [0, 0.05) is 43.5 Å². The van der Waals surface area contributed by atoms with Crippen molar-refractivity contribution in [2.24, 2.45) is 7.05 Å². The van der Waals surface area contributed by atoms with E-state index in [0.717, 1.165) is 24.2 Å². The van der Waals surface area contributed by atoms with Gasteiger partial charge in [0.05, 0.1) is 0 Å². The molecule has 0 spiro atoms. The molecule has 2 rings (SSSR count). The van der Waals surface area contributed by atoms with Crippen LogP contribution in [-0.2, 0) is 19.3 Å². The first-order chi connectivity index (χ1) is 8.29. The molecule has 1 aromatic carbocycles. The zero-order chi connectivity index (χ0) is 12.1. The Labute approximate surface area is 106 Å². The van der Waals surface area contributed by atoms with Gasteiger partial charge in [0.25, 0.3) is 0 Å². The first kappa shape index (κ1) is 12.0. The lowest BCUT2D eigenvalue weighted by Gasteiger charge is -2.07. The van der Waals surface area contributed by atoms with Crippen molar-refractivity contribution in [1.82, 2.24) is 9.78 Å². The molecule has 0 radical (unpaired) electrons. The summed E-state index contributed by atoms with van der Waals surface area (Å²) in [7, 11) is 1.96. The maximum absolute atomic E-state index is 5.80. The highest BCUT2D eigenvalue weighted by molar-refractivity contribution is 6.17. The molecule has 0 fully saturated rings. The highest BCUT2D eigenvalue weighted by Gasteiger charge is 1.98. The van der Waals surface area contributed by atoms with Crippen LogP contribution in [0.2, 0.25) is 0 Å². The van der Waals surface area contributed by atoms with E-state index in [1.807, 2.05) is 36.1 Å². The Morgan fingerprint density at radius 3 is 2.94 bits per heavy atom. The van der Waals surface area contributed by atoms with Crippen LogP contribution in [0.1, 0.15) is 11.3 Å². The summed E-state index contributed by atoms with van der Waals surface area (Å²) in [5.74, 6) is 0.553. The average Bonchev–Trinajstić information content (AvgIpc) is 2.76. The number of halogens is 1. The highest BCUT2D eigenvalue weighted by Crippen LogP contribution is 2.12. The van der Waals surface area contributed by atoms with Crippen LogP contribution < -0.4 is 5.32 Å². The summed E-state index contributed by atoms with van der Waals surface area (Å²) in [5.41, 5.74) is 3.48. The third kappa shape index (κ3) is 3.24. The fourth-order valence-corrected chi connectivity index (χ4v) is 1.91. The Morgan fingerprint density at radius 1 is 1.35 bits per heavy atom. The van der Waals surface area contributed by atoms with Gasteiger partial charge >= 0.3 is 0 Å². The molecule has 17 heavy (non-hydrogen) atoms. The van der Waals surface area contributed by atoms with Gasteiger partial charge in [-0.15, -0.1) is 11.6 Å². The van der Waals surface area contributed by atoms with Crippen LogP contribution in [0.15, 0.2) is 36.5 Å². The minimum absolute atomic E-state index is 0.553. The molecule has 1 heterocycles. The number of alkyl halides is 1. The van der Waals surface area contributed by atoms with Crippen molar-refractivity contribution in [1.29, 1.82) is 0 Å². The zero-order valence-corrected chi connectivity index (χ0v) is 10.6. The lowest BCUT2D eigenvalue weighted by atomic mass is 10.2. The molecule has 0 aliphatic carbocycles. The number of anilines is 1. The highest BCUT2D eigenvalue weighted by atomic mass is 35.5. The van der Waals surface area contributed by atoms with Crippen molar-refractivity contribution in [2.75, 3.05) is 11.9 Å². The molecule has 0 saturated carbocycles. The van der Waals surface area contributed by atoms with Gasteiger partial charge in [0.2, 0.25) is 0 Å². The van der Waals surface area contributed by atoms with Crippen molar-refractivity contribution < 1.29 is 0 Å². The van der Waals surface area contributed by atoms with Crippen LogP contribution >= 0.6 is 11.6 Å². The predicted octanol–water partition coefficient (Wildman–Crippen LogP) is 2.81. The summed E-state index contributed by atoms with van der Waals surface area (Å²) in [6, 6.07) is 10.2. The lowest BCUT2D eigenvalue weighted by molar-refractivity contribution is 0.711. The van der Waals surface area contributed by atoms with E-state index >= 15 is 0 Å². The number of aromatic nitrogens is 2. The molecule has 0 aliphatic heterocycles. The molecule has 1 aromatic heterocycles. The summed E-state index contributed by atoms with van der Waals surface area (Å²) in [6.07, 6.45) is 2.78. The van der Waals surface area contributed by atoms with Gasteiger partial charge in [-0.3, -0.25) is 4.68 Å². The summed E-state index contributed by atoms with van der Waals surface area (Å²) in [5, 5.41) is 7.53. The number of hydrogen-bond donors (Lipinski definition) is 1. The topological polar surface area (TPSA) is 29.9 Å². The van der Waals surface area contributed by atoms with E-state index in [-0.39, 0.29) is 0 Å². The number of nitrogens with one attached hydrogen (secondary N) is 1. The molecule has 1 N–H and O–H groups in total. The van der Waals surface area contributed by atoms with Crippen LogP contribution in [-0.4, -0.2) is 16.3 Å². The van der Waals surface area contributed by atoms with E-state index in [0.29, 0.717) is 5.88 Å². The fraction of sp³-hybridized carbons (Fsp3) is 0.308. The van der Waals surface area contributed by atoms with Crippen molar-refractivity contribution in [3.63, 3.8) is 0 Å². The zero-order valence-electron chi connectivity index (χ0n) is 9.86. The second-order valence-corrected chi connectivity index (χ2v) is 4.22. The van der Waals surface area contributed by atoms with Crippen LogP contribution in [0.5, 0.6) is 0 Å². The van der Waals surface area contributed by atoms with Gasteiger partial charge < -0.3 is 5.32 Å². The van der Waals surface area contributed by atoms with Crippen molar-refractivity contribution in [2.45, 2.75) is 12.3 Å². The van der Waals surface area contributed by atoms with E-state index in [4.69, 9.17) is 11.6 Å². The summed E-state index contributed by atoms with van der Waals surface area (Å²) < 4.78 is 1.90. The monoisotopic (exact) mass is 249 g/mol. The molecule has 0 unspecified atom stereocenters. The second-order valence-electron chi connectivity index (χ2n) is 3.96. The number of rotatable bonds is 5. The van der Waals surface area contributed by atoms with E-state index < -0.39 is 0 Å². The summed E-state index contributed by atoms with van der Waals surface area (Å²) in [6.45, 7) is 0.894. The van der Waals surface area contributed by atoms with Crippen LogP contribution in [0.4, 0.5) is 5.69 Å². The quantitative estimate of drug-likeness (QED) is 0.826. The van der Waals surface area contributed by atoms with Crippen molar-refractivity contribution in [3.05, 3.63) is 47.8 Å². The Kier molecular flexibility index (Phi) is 4.04. The lowest BCUT2D eigenvalue weighted by Crippen LogP contribution is -2.08. The van der Waals surface area contributed by atoms with Crippen molar-refractivity contribution in [3.8, 4) is 0 Å². The molecule has 90 valence electrons. The first-order valence-corrected chi connectivity index (χ1v) is 6.18. The van der Waals surface area contributed by atoms with E-state index in [1.165, 1.54) is 5.69 Å². The van der Waals surface area contributed by atoms with Gasteiger partial charge in [0.15, 0.2) is 0 Å². The maximum Gasteiger partial charge on any atom is 0.0492 e. The maximum atomic E-state index is 5.80. The number of aryl methyl sites for hydroxylation is 1. The van der Waals surface area contributed by atoms with Crippen LogP contribution in [0.3, 0.4) is 0 Å². The normalized spacial score (nSPS) is 10.5. The van der Waals surface area contributed by atoms with E-state index in [2.05, 4.69) is 22.5 Å². The fourth-order valence-electron chi connectivity index (χ4n) is 1.75. The second kappa shape index (κ2) is 5.73. The molecular weight excluding hydrogens is 234 g/mol. The van der Waals surface area contributed by atoms with Gasteiger partial charge in [0.1, 0.15) is 0 Å². The minimum atomic E-state index is 0.553. The smallest absolute Gasteiger partial charge is 0.0492 e. The molecular formula is C13H16ClN3. The van der Waals surface area contributed by atoms with Gasteiger partial charge in [-0.25, -0.2) is 0 Å². The third-order valence-corrected chi connectivity index (χ3v) is 3.02. The molecule has 2 aromatic rings. The van der Waals surface area contributed by atoms with Gasteiger partial charge in [-0.05, 0) is 23.8 Å². The number of nitrogens with zero attached hydrogens (tertiary/aromatic N) is 2. The third-order valence-electron chi connectivity index (χ3n) is 2.71. The summed E-state index contributed by atoms with van der Waals surface area (Å²) >= 11 is 5.80. The molecule has 0 atom stereocenters. The Hall–Kier alpha value is -1.48. The van der Waals surface area contributed by atoms with E-state index in [9.17, 15) is 0 Å². The number of benzene rings is 1.